The molecule has 0 rings (SSSR count). The second-order valence-electron chi connectivity index (χ2n) is 5.46. The van der Waals surface area contributed by atoms with Crippen molar-refractivity contribution >= 4 is 7.28 Å². The molecule has 18 heavy (non-hydrogen) atoms. The van der Waals surface area contributed by atoms with Crippen LogP contribution in [0, 0.1) is 11.2 Å². The lowest BCUT2D eigenvalue weighted by atomic mass is 9.62. The van der Waals surface area contributed by atoms with Gasteiger partial charge < -0.3 is 0 Å². The van der Waals surface area contributed by atoms with Gasteiger partial charge in [0.25, 0.3) is 7.28 Å². The molecular weight excluding hydrogens is 217 g/mol. The van der Waals surface area contributed by atoms with Gasteiger partial charge in [0.1, 0.15) is 0 Å². The molecule has 0 spiro atoms. The molecule has 0 aromatic rings. The fourth-order valence-electron chi connectivity index (χ4n) is 2.44. The van der Waals surface area contributed by atoms with E-state index in [0.717, 1.165) is 0 Å². The average molecular weight is 248 g/mol. The van der Waals surface area contributed by atoms with Crippen molar-refractivity contribution < 1.29 is 0 Å². The monoisotopic (exact) mass is 248 g/mol. The van der Waals surface area contributed by atoms with E-state index in [1.54, 1.807) is 0 Å². The van der Waals surface area contributed by atoms with E-state index in [9.17, 15) is 0 Å². The van der Waals surface area contributed by atoms with Crippen LogP contribution in [0.15, 0.2) is 0 Å². The van der Waals surface area contributed by atoms with Gasteiger partial charge in [-0.05, 0) is 5.97 Å². The van der Waals surface area contributed by atoms with Crippen molar-refractivity contribution in [1.82, 2.24) is 0 Å². The van der Waals surface area contributed by atoms with Crippen molar-refractivity contribution in [3.8, 4) is 5.97 Å². The molecule has 0 saturated heterocycles. The summed E-state index contributed by atoms with van der Waals surface area (Å²) in [7, 11) is 1.87. The minimum absolute atomic E-state index is 0.554. The predicted octanol–water partition coefficient (Wildman–Crippen LogP) is 5.68. The highest BCUT2D eigenvalue weighted by Crippen LogP contribution is 2.22. The summed E-state index contributed by atoms with van der Waals surface area (Å²) in [6, 6.07) is 0. The van der Waals surface area contributed by atoms with Gasteiger partial charge >= 0.3 is 0 Å². The third kappa shape index (κ3) is 12.0. The second kappa shape index (κ2) is 14.6. The molecule has 0 fully saturated rings. The highest BCUT2D eigenvalue weighted by molar-refractivity contribution is 6.46. The topological polar surface area (TPSA) is 23.8 Å². The summed E-state index contributed by atoms with van der Waals surface area (Å²) in [5.74, 6) is 2.80. The summed E-state index contributed by atoms with van der Waals surface area (Å²) in [6.45, 7) is 4.51. The van der Waals surface area contributed by atoms with Gasteiger partial charge in [0.2, 0.25) is 0 Å². The standard InChI is InChI=1S/C16H31BN/c1-3-5-7-9-11-13-16(17-15-18)14-12-10-8-6-4-2/h16H,3-14H2,1-2H3. The number of nitrogens with zero attached hydrogens (tertiary/aromatic N) is 1. The molecule has 1 radical (unpaired) electrons. The molecule has 0 aromatic heterocycles. The van der Waals surface area contributed by atoms with Gasteiger partial charge in [0.15, 0.2) is 0 Å². The van der Waals surface area contributed by atoms with E-state index in [1.165, 1.54) is 77.0 Å². The molecule has 0 aliphatic carbocycles. The minimum atomic E-state index is 0.554. The van der Waals surface area contributed by atoms with Crippen molar-refractivity contribution in [3.05, 3.63) is 0 Å². The fourth-order valence-corrected chi connectivity index (χ4v) is 2.44. The molecule has 0 bridgehead atoms. The Balaban J connectivity index is 3.49. The zero-order chi connectivity index (χ0) is 13.5. The van der Waals surface area contributed by atoms with Gasteiger partial charge in [-0.25, -0.2) is 5.26 Å². The Morgan fingerprint density at radius 1 is 0.778 bits per heavy atom. The van der Waals surface area contributed by atoms with Crippen LogP contribution in [-0.4, -0.2) is 7.28 Å². The Morgan fingerprint density at radius 2 is 1.22 bits per heavy atom. The van der Waals surface area contributed by atoms with Crippen LogP contribution in [0.2, 0.25) is 5.82 Å². The van der Waals surface area contributed by atoms with Gasteiger partial charge in [-0.3, -0.25) is 0 Å². The molecule has 0 aliphatic heterocycles. The quantitative estimate of drug-likeness (QED) is 0.304. The Bertz CT molecular complexity index is 184. The molecule has 0 saturated carbocycles. The number of nitriles is 1. The predicted molar refractivity (Wildman–Crippen MR) is 81.9 cm³/mol. The molecule has 0 aromatic carbocycles. The van der Waals surface area contributed by atoms with Gasteiger partial charge in [-0.1, -0.05) is 96.7 Å². The highest BCUT2D eigenvalue weighted by Gasteiger charge is 2.09. The summed E-state index contributed by atoms with van der Waals surface area (Å²) in [5, 5.41) is 8.81. The Kier molecular flexibility index (Phi) is 14.3. The van der Waals surface area contributed by atoms with E-state index in [1.807, 2.05) is 7.28 Å². The highest BCUT2D eigenvalue weighted by atomic mass is 14.2. The normalized spacial score (nSPS) is 10.6. The summed E-state index contributed by atoms with van der Waals surface area (Å²) in [5.41, 5.74) is 0. The molecule has 0 atom stereocenters. The molecule has 0 heterocycles. The molecule has 0 unspecified atom stereocenters. The van der Waals surface area contributed by atoms with Crippen molar-refractivity contribution in [2.75, 3.05) is 0 Å². The van der Waals surface area contributed by atoms with Gasteiger partial charge in [0.05, 0.1) is 0 Å². The third-order valence-electron chi connectivity index (χ3n) is 3.67. The maximum Gasteiger partial charge on any atom is 0.258 e. The maximum absolute atomic E-state index is 8.81. The van der Waals surface area contributed by atoms with Crippen molar-refractivity contribution in [3.63, 3.8) is 0 Å². The lowest BCUT2D eigenvalue weighted by molar-refractivity contribution is 0.541. The van der Waals surface area contributed by atoms with E-state index < -0.39 is 0 Å². The largest absolute Gasteiger partial charge is 0.258 e. The number of hydrogen-bond acceptors (Lipinski definition) is 1. The number of unbranched alkanes of at least 4 members (excludes halogenated alkanes) is 8. The van der Waals surface area contributed by atoms with Crippen molar-refractivity contribution in [2.24, 2.45) is 0 Å². The van der Waals surface area contributed by atoms with Crippen molar-refractivity contribution in [2.45, 2.75) is 96.7 Å². The molecule has 2 heteroatoms. The summed E-state index contributed by atoms with van der Waals surface area (Å²) < 4.78 is 0. The molecular formula is C16H31BN. The molecule has 0 N–H and O–H groups in total. The first kappa shape index (κ1) is 17.6. The summed E-state index contributed by atoms with van der Waals surface area (Å²) >= 11 is 0. The summed E-state index contributed by atoms with van der Waals surface area (Å²) in [6.07, 6.45) is 15.8. The van der Waals surface area contributed by atoms with E-state index in [2.05, 4.69) is 19.8 Å². The van der Waals surface area contributed by atoms with E-state index in [-0.39, 0.29) is 0 Å². The minimum Gasteiger partial charge on any atom is -0.213 e. The van der Waals surface area contributed by atoms with E-state index >= 15 is 0 Å². The van der Waals surface area contributed by atoms with E-state index in [4.69, 9.17) is 5.26 Å². The molecule has 0 aliphatic rings. The molecule has 0 amide bonds. The van der Waals surface area contributed by atoms with Crippen LogP contribution in [0.5, 0.6) is 0 Å². The maximum atomic E-state index is 8.81. The van der Waals surface area contributed by atoms with Gasteiger partial charge in [0, 0.05) is 0 Å². The van der Waals surface area contributed by atoms with Crippen LogP contribution >= 0.6 is 0 Å². The van der Waals surface area contributed by atoms with Crippen molar-refractivity contribution in [1.29, 1.82) is 5.26 Å². The number of rotatable bonds is 13. The molecule has 1 nitrogen and oxygen atoms in total. The summed E-state index contributed by atoms with van der Waals surface area (Å²) in [4.78, 5) is 0. The van der Waals surface area contributed by atoms with Crippen LogP contribution in [-0.2, 0) is 0 Å². The first-order chi connectivity index (χ1) is 8.85. The first-order valence-electron chi connectivity index (χ1n) is 8.08. The Morgan fingerprint density at radius 3 is 1.61 bits per heavy atom. The zero-order valence-corrected chi connectivity index (χ0v) is 12.6. The zero-order valence-electron chi connectivity index (χ0n) is 12.6. The fraction of sp³-hybridized carbons (Fsp3) is 0.938. The van der Waals surface area contributed by atoms with E-state index in [0.29, 0.717) is 5.82 Å². The second-order valence-corrected chi connectivity index (χ2v) is 5.46. The lowest BCUT2D eigenvalue weighted by Gasteiger charge is -2.12. The Labute approximate surface area is 116 Å². The average Bonchev–Trinajstić information content (AvgIpc) is 2.38. The first-order valence-corrected chi connectivity index (χ1v) is 8.08. The van der Waals surface area contributed by atoms with Crippen LogP contribution in [0.25, 0.3) is 0 Å². The third-order valence-corrected chi connectivity index (χ3v) is 3.67. The lowest BCUT2D eigenvalue weighted by Crippen LogP contribution is -2.02. The Hall–Kier alpha value is -0.445. The van der Waals surface area contributed by atoms with Crippen LogP contribution in [0.1, 0.15) is 90.9 Å². The van der Waals surface area contributed by atoms with Crippen LogP contribution < -0.4 is 0 Å². The van der Waals surface area contributed by atoms with Crippen LogP contribution in [0.3, 0.4) is 0 Å². The van der Waals surface area contributed by atoms with Gasteiger partial charge in [-0.2, -0.15) is 0 Å². The molecule has 103 valence electrons. The smallest absolute Gasteiger partial charge is 0.213 e. The van der Waals surface area contributed by atoms with Gasteiger partial charge in [-0.15, -0.1) is 0 Å². The van der Waals surface area contributed by atoms with Crippen LogP contribution in [0.4, 0.5) is 0 Å². The SMILES string of the molecule is CCCCCCCC([B]C#N)CCCCCCC. The number of hydrogen-bond donors (Lipinski definition) is 0.